The van der Waals surface area contributed by atoms with Crippen LogP contribution in [0.2, 0.25) is 0 Å². The average Bonchev–Trinajstić information content (AvgIpc) is 2.03. The van der Waals surface area contributed by atoms with Crippen LogP contribution in [0.25, 0.3) is 0 Å². The zero-order chi connectivity index (χ0) is 8.53. The van der Waals surface area contributed by atoms with E-state index in [1.165, 1.54) is 31.0 Å². The topological polar surface area (TPSA) is 17.1 Å². The highest BCUT2D eigenvalue weighted by Gasteiger charge is 2.01. The maximum Gasteiger partial charge on any atom is 0.176 e. The Bertz CT molecular complexity index is 112. The Kier molecular flexibility index (Phi) is 7.69. The number of unbranched alkanes of at least 4 members (excludes halogenated alkanes) is 2. The molecule has 0 radical (unpaired) electrons. The molecule has 11 heavy (non-hydrogen) atoms. The Labute approximate surface area is 73.3 Å². The molecule has 0 rings (SSSR count). The van der Waals surface area contributed by atoms with Crippen molar-refractivity contribution in [3.8, 4) is 0 Å². The Hall–Kier alpha value is -0.240. The summed E-state index contributed by atoms with van der Waals surface area (Å²) < 4.78 is 0. The normalized spacial score (nSPS) is 12.5. The van der Waals surface area contributed by atoms with E-state index in [4.69, 9.17) is 0 Å². The number of hydrogen-bond acceptors (Lipinski definition) is 2. The maximum atomic E-state index is 10.1. The largest absolute Gasteiger partial charge is 0.291 e. The summed E-state index contributed by atoms with van der Waals surface area (Å²) in [7, 11) is 0. The van der Waals surface area contributed by atoms with Crippen molar-refractivity contribution < 1.29 is 4.79 Å². The number of thioether (sulfide) groups is 1. The highest BCUT2D eigenvalue weighted by molar-refractivity contribution is 8.12. The predicted octanol–water partition coefficient (Wildman–Crippen LogP) is 3.04. The lowest BCUT2D eigenvalue weighted by Crippen LogP contribution is -1.96. The minimum absolute atomic E-state index is 0.332. The van der Waals surface area contributed by atoms with Crippen molar-refractivity contribution >= 4 is 17.4 Å². The van der Waals surface area contributed by atoms with E-state index in [1.807, 2.05) is 6.08 Å². The van der Waals surface area contributed by atoms with Gasteiger partial charge in [-0.1, -0.05) is 44.0 Å². The molecular formula is C9H16OS. The molecule has 0 bridgehead atoms. The van der Waals surface area contributed by atoms with Crippen molar-refractivity contribution in [1.82, 2.24) is 0 Å². The summed E-state index contributed by atoms with van der Waals surface area (Å²) in [6.07, 6.45) is 6.63. The van der Waals surface area contributed by atoms with E-state index in [2.05, 4.69) is 13.5 Å². The fourth-order valence-electron chi connectivity index (χ4n) is 0.908. The monoisotopic (exact) mass is 172 g/mol. The predicted molar refractivity (Wildman–Crippen MR) is 52.5 cm³/mol. The molecule has 2 heteroatoms. The Balaban J connectivity index is 3.35. The lowest BCUT2D eigenvalue weighted by molar-refractivity contribution is 0.569. The van der Waals surface area contributed by atoms with Gasteiger partial charge in [-0.2, -0.15) is 0 Å². The highest BCUT2D eigenvalue weighted by Crippen LogP contribution is 2.15. The van der Waals surface area contributed by atoms with Gasteiger partial charge in [0.05, 0.1) is 0 Å². The van der Waals surface area contributed by atoms with Gasteiger partial charge in [-0.05, 0) is 6.42 Å². The van der Waals surface area contributed by atoms with Gasteiger partial charge in [0.2, 0.25) is 0 Å². The van der Waals surface area contributed by atoms with Gasteiger partial charge in [0, 0.05) is 5.25 Å². The summed E-state index contributed by atoms with van der Waals surface area (Å²) >= 11 is 1.33. The van der Waals surface area contributed by atoms with Crippen molar-refractivity contribution in [2.75, 3.05) is 0 Å². The van der Waals surface area contributed by atoms with Crippen molar-refractivity contribution in [3.63, 3.8) is 0 Å². The van der Waals surface area contributed by atoms with E-state index in [0.29, 0.717) is 5.25 Å². The van der Waals surface area contributed by atoms with E-state index >= 15 is 0 Å². The fourth-order valence-corrected chi connectivity index (χ4v) is 1.46. The van der Waals surface area contributed by atoms with Gasteiger partial charge in [-0.25, -0.2) is 0 Å². The smallest absolute Gasteiger partial charge is 0.176 e. The van der Waals surface area contributed by atoms with E-state index in [1.54, 1.807) is 0 Å². The van der Waals surface area contributed by atoms with E-state index in [9.17, 15) is 4.79 Å². The summed E-state index contributed by atoms with van der Waals surface area (Å²) in [5.41, 5.74) is 0.901. The average molecular weight is 172 g/mol. The van der Waals surface area contributed by atoms with Crippen molar-refractivity contribution in [2.24, 2.45) is 0 Å². The van der Waals surface area contributed by atoms with Crippen LogP contribution in [0.4, 0.5) is 0 Å². The van der Waals surface area contributed by atoms with Gasteiger partial charge in [-0.15, -0.1) is 6.58 Å². The van der Waals surface area contributed by atoms with Gasteiger partial charge in [0.15, 0.2) is 5.62 Å². The highest BCUT2D eigenvalue weighted by atomic mass is 32.2. The first-order valence-corrected chi connectivity index (χ1v) is 5.01. The third-order valence-corrected chi connectivity index (χ3v) is 2.47. The number of hydrogen-bond donors (Lipinski definition) is 0. The van der Waals surface area contributed by atoms with Gasteiger partial charge in [-0.3, -0.25) is 4.79 Å². The molecule has 0 aromatic heterocycles. The molecular weight excluding hydrogens is 156 g/mol. The third kappa shape index (κ3) is 6.17. The standard InChI is InChI=1S/C9H16OS/c1-3-5-6-7-9(4-2)11-8-10/h4,8-9H,2-3,5-7H2,1H3. The molecule has 0 aromatic rings. The van der Waals surface area contributed by atoms with E-state index < -0.39 is 0 Å². The van der Waals surface area contributed by atoms with Crippen LogP contribution in [0.5, 0.6) is 0 Å². The summed E-state index contributed by atoms with van der Waals surface area (Å²) in [5, 5.41) is 0.332. The Morgan fingerprint density at radius 2 is 2.27 bits per heavy atom. The molecule has 0 aromatic carbocycles. The van der Waals surface area contributed by atoms with Crippen molar-refractivity contribution in [2.45, 2.75) is 37.9 Å². The summed E-state index contributed by atoms with van der Waals surface area (Å²) in [4.78, 5) is 10.1. The molecule has 0 aliphatic carbocycles. The van der Waals surface area contributed by atoms with Crippen LogP contribution >= 0.6 is 11.8 Å². The van der Waals surface area contributed by atoms with Gasteiger partial charge in [0.25, 0.3) is 0 Å². The van der Waals surface area contributed by atoms with Crippen LogP contribution in [0.3, 0.4) is 0 Å². The second-order valence-electron chi connectivity index (χ2n) is 2.50. The lowest BCUT2D eigenvalue weighted by Gasteiger charge is -2.05. The second-order valence-corrected chi connectivity index (χ2v) is 3.57. The number of carbonyl (C=O) groups is 1. The Morgan fingerprint density at radius 1 is 1.55 bits per heavy atom. The SMILES string of the molecule is C=CC(CCCCC)SC=O. The first kappa shape index (κ1) is 10.8. The second kappa shape index (κ2) is 7.86. The Morgan fingerprint density at radius 3 is 2.73 bits per heavy atom. The molecule has 0 heterocycles. The minimum atomic E-state index is 0.332. The van der Waals surface area contributed by atoms with Crippen LogP contribution in [0, 0.1) is 0 Å². The quantitative estimate of drug-likeness (QED) is 0.333. The molecule has 0 spiro atoms. The van der Waals surface area contributed by atoms with E-state index in [0.717, 1.165) is 12.0 Å². The van der Waals surface area contributed by atoms with Crippen LogP contribution in [0.15, 0.2) is 12.7 Å². The molecule has 0 aliphatic heterocycles. The molecule has 0 amide bonds. The maximum absolute atomic E-state index is 10.1. The zero-order valence-corrected chi connectivity index (χ0v) is 7.90. The molecule has 1 unspecified atom stereocenters. The summed E-state index contributed by atoms with van der Waals surface area (Å²) in [6, 6.07) is 0. The summed E-state index contributed by atoms with van der Waals surface area (Å²) in [5.74, 6) is 0. The van der Waals surface area contributed by atoms with Crippen LogP contribution in [-0.4, -0.2) is 10.9 Å². The molecule has 0 fully saturated rings. The van der Waals surface area contributed by atoms with Gasteiger partial charge >= 0.3 is 0 Å². The van der Waals surface area contributed by atoms with Gasteiger partial charge in [0.1, 0.15) is 0 Å². The zero-order valence-electron chi connectivity index (χ0n) is 7.08. The van der Waals surface area contributed by atoms with Crippen molar-refractivity contribution in [3.05, 3.63) is 12.7 Å². The third-order valence-electron chi connectivity index (χ3n) is 1.59. The molecule has 0 aliphatic rings. The molecule has 0 N–H and O–H groups in total. The van der Waals surface area contributed by atoms with E-state index in [-0.39, 0.29) is 0 Å². The molecule has 0 saturated heterocycles. The molecule has 1 atom stereocenters. The first-order valence-electron chi connectivity index (χ1n) is 4.06. The number of carbonyl (C=O) groups excluding carboxylic acids is 1. The van der Waals surface area contributed by atoms with Crippen molar-refractivity contribution in [1.29, 1.82) is 0 Å². The molecule has 1 nitrogen and oxygen atoms in total. The molecule has 64 valence electrons. The minimum Gasteiger partial charge on any atom is -0.291 e. The van der Waals surface area contributed by atoms with Gasteiger partial charge < -0.3 is 0 Å². The van der Waals surface area contributed by atoms with Crippen LogP contribution in [0.1, 0.15) is 32.6 Å². The fraction of sp³-hybridized carbons (Fsp3) is 0.667. The van der Waals surface area contributed by atoms with Crippen LogP contribution in [-0.2, 0) is 4.79 Å². The number of rotatable bonds is 7. The lowest BCUT2D eigenvalue weighted by atomic mass is 10.1. The molecule has 0 saturated carbocycles. The summed E-state index contributed by atoms with van der Waals surface area (Å²) in [6.45, 7) is 5.86. The van der Waals surface area contributed by atoms with Crippen LogP contribution < -0.4 is 0 Å². The first-order chi connectivity index (χ1) is 5.35.